The Labute approximate surface area is 156 Å². The number of carbonyl (C=O) groups is 2. The second-order valence-electron chi connectivity index (χ2n) is 6.70. The van der Waals surface area contributed by atoms with Gasteiger partial charge in [-0.25, -0.2) is 4.79 Å². The van der Waals surface area contributed by atoms with E-state index in [1.54, 1.807) is 18.5 Å². The zero-order chi connectivity index (χ0) is 19.4. The van der Waals surface area contributed by atoms with Gasteiger partial charge >= 0.3 is 5.97 Å². The lowest BCUT2D eigenvalue weighted by Gasteiger charge is -2.22. The fourth-order valence-corrected chi connectivity index (χ4v) is 2.62. The lowest BCUT2D eigenvalue weighted by Crippen LogP contribution is -2.49. The van der Waals surface area contributed by atoms with Crippen LogP contribution in [-0.2, 0) is 11.4 Å². The molecule has 1 amide bonds. The number of ether oxygens (including phenoxy) is 1. The number of hydrogen-bond acceptors (Lipinski definition) is 4. The van der Waals surface area contributed by atoms with E-state index in [9.17, 15) is 14.7 Å². The highest BCUT2D eigenvalue weighted by molar-refractivity contribution is 6.05. The predicted molar refractivity (Wildman–Crippen MR) is 102 cm³/mol. The van der Waals surface area contributed by atoms with Gasteiger partial charge < -0.3 is 15.2 Å². The number of benzene rings is 2. The third-order valence-electron chi connectivity index (χ3n) is 4.19. The molecule has 1 aromatic heterocycles. The minimum absolute atomic E-state index is 0.241. The van der Waals surface area contributed by atoms with Gasteiger partial charge in [0.2, 0.25) is 0 Å². The maximum Gasteiger partial charge on any atom is 0.328 e. The molecule has 0 radical (unpaired) electrons. The van der Waals surface area contributed by atoms with Crippen molar-refractivity contribution in [1.29, 1.82) is 0 Å². The van der Waals surface area contributed by atoms with Crippen LogP contribution < -0.4 is 10.1 Å². The summed E-state index contributed by atoms with van der Waals surface area (Å²) in [6.07, 6.45) is 3.37. The SMILES string of the molecule is CC(C)(NC(=O)c1ccc2ccccc2c1OCc1cccnc1)C(=O)O. The Kier molecular flexibility index (Phi) is 5.07. The Morgan fingerprint density at radius 3 is 2.59 bits per heavy atom. The average molecular weight is 364 g/mol. The van der Waals surface area contributed by atoms with Gasteiger partial charge in [-0.2, -0.15) is 0 Å². The number of carboxylic acids is 1. The number of carboxylic acid groups (broad SMARTS) is 1. The molecule has 0 bridgehead atoms. The van der Waals surface area contributed by atoms with Gasteiger partial charge in [-0.05, 0) is 31.4 Å². The van der Waals surface area contributed by atoms with E-state index in [1.165, 1.54) is 13.8 Å². The molecule has 0 fully saturated rings. The molecule has 2 aromatic carbocycles. The Morgan fingerprint density at radius 2 is 1.89 bits per heavy atom. The molecule has 138 valence electrons. The molecule has 0 aliphatic carbocycles. The van der Waals surface area contributed by atoms with Gasteiger partial charge in [0.1, 0.15) is 17.9 Å². The van der Waals surface area contributed by atoms with Crippen molar-refractivity contribution in [1.82, 2.24) is 10.3 Å². The van der Waals surface area contributed by atoms with E-state index in [0.717, 1.165) is 16.3 Å². The number of aromatic nitrogens is 1. The fourth-order valence-electron chi connectivity index (χ4n) is 2.62. The van der Waals surface area contributed by atoms with E-state index in [2.05, 4.69) is 10.3 Å². The van der Waals surface area contributed by atoms with E-state index >= 15 is 0 Å². The molecule has 6 nitrogen and oxygen atoms in total. The Balaban J connectivity index is 1.99. The van der Waals surface area contributed by atoms with Crippen LogP contribution in [0.4, 0.5) is 0 Å². The van der Waals surface area contributed by atoms with E-state index < -0.39 is 17.4 Å². The highest BCUT2D eigenvalue weighted by Crippen LogP contribution is 2.31. The molecule has 0 atom stereocenters. The summed E-state index contributed by atoms with van der Waals surface area (Å²) in [6, 6.07) is 14.7. The summed E-state index contributed by atoms with van der Waals surface area (Å²) in [5, 5.41) is 13.5. The van der Waals surface area contributed by atoms with Gasteiger partial charge in [-0.3, -0.25) is 9.78 Å². The molecule has 6 heteroatoms. The Bertz CT molecular complexity index is 984. The summed E-state index contributed by atoms with van der Waals surface area (Å²) in [6.45, 7) is 3.11. The molecular weight excluding hydrogens is 344 g/mol. The molecular formula is C21H20N2O4. The highest BCUT2D eigenvalue weighted by Gasteiger charge is 2.30. The van der Waals surface area contributed by atoms with Crippen LogP contribution in [0.3, 0.4) is 0 Å². The topological polar surface area (TPSA) is 88.5 Å². The first kappa shape index (κ1) is 18.4. The Hall–Kier alpha value is -3.41. The molecule has 2 N–H and O–H groups in total. The zero-order valence-corrected chi connectivity index (χ0v) is 15.1. The van der Waals surface area contributed by atoms with Gasteiger partial charge in [-0.15, -0.1) is 0 Å². The fraction of sp³-hybridized carbons (Fsp3) is 0.190. The van der Waals surface area contributed by atoms with Crippen LogP contribution in [0.15, 0.2) is 60.9 Å². The summed E-state index contributed by atoms with van der Waals surface area (Å²) in [7, 11) is 0. The standard InChI is InChI=1S/C21H20N2O4/c1-21(2,20(25)26)23-19(24)17-10-9-15-7-3-4-8-16(15)18(17)27-13-14-6-5-11-22-12-14/h3-12H,13H2,1-2H3,(H,23,24)(H,25,26). The van der Waals surface area contributed by atoms with E-state index in [0.29, 0.717) is 5.75 Å². The lowest BCUT2D eigenvalue weighted by molar-refractivity contribution is -0.143. The number of nitrogens with one attached hydrogen (secondary N) is 1. The number of amides is 1. The summed E-state index contributed by atoms with van der Waals surface area (Å²) in [4.78, 5) is 28.2. The van der Waals surface area contributed by atoms with Crippen molar-refractivity contribution in [3.05, 3.63) is 72.1 Å². The summed E-state index contributed by atoms with van der Waals surface area (Å²) < 4.78 is 5.98. The van der Waals surface area contributed by atoms with Gasteiger partial charge in [0.15, 0.2) is 0 Å². The maximum absolute atomic E-state index is 12.8. The van der Waals surface area contributed by atoms with Crippen molar-refractivity contribution in [3.8, 4) is 5.75 Å². The molecule has 27 heavy (non-hydrogen) atoms. The maximum atomic E-state index is 12.8. The van der Waals surface area contributed by atoms with Crippen LogP contribution in [0, 0.1) is 0 Å². The number of pyridine rings is 1. The van der Waals surface area contributed by atoms with Crippen LogP contribution in [0.2, 0.25) is 0 Å². The van der Waals surface area contributed by atoms with Crippen molar-refractivity contribution in [3.63, 3.8) is 0 Å². The monoisotopic (exact) mass is 364 g/mol. The minimum atomic E-state index is -1.40. The molecule has 0 aliphatic heterocycles. The molecule has 3 aromatic rings. The van der Waals surface area contributed by atoms with E-state index in [1.807, 2.05) is 42.5 Å². The quantitative estimate of drug-likeness (QED) is 0.700. The lowest BCUT2D eigenvalue weighted by atomic mass is 10.0. The van der Waals surface area contributed by atoms with Crippen molar-refractivity contribution in [2.75, 3.05) is 0 Å². The molecule has 3 rings (SSSR count). The normalized spacial score (nSPS) is 11.2. The average Bonchev–Trinajstić information content (AvgIpc) is 2.66. The first-order valence-corrected chi connectivity index (χ1v) is 8.48. The van der Waals surface area contributed by atoms with Crippen molar-refractivity contribution < 1.29 is 19.4 Å². The van der Waals surface area contributed by atoms with Gasteiger partial charge in [0.05, 0.1) is 5.56 Å². The van der Waals surface area contributed by atoms with Gasteiger partial charge in [-0.1, -0.05) is 36.4 Å². The smallest absolute Gasteiger partial charge is 0.328 e. The number of aliphatic carboxylic acids is 1. The molecule has 0 saturated heterocycles. The Morgan fingerprint density at radius 1 is 1.11 bits per heavy atom. The highest BCUT2D eigenvalue weighted by atomic mass is 16.5. The largest absolute Gasteiger partial charge is 0.487 e. The van der Waals surface area contributed by atoms with Gasteiger partial charge in [0.25, 0.3) is 5.91 Å². The van der Waals surface area contributed by atoms with Gasteiger partial charge in [0, 0.05) is 23.3 Å². The van der Waals surface area contributed by atoms with Crippen LogP contribution >= 0.6 is 0 Å². The second kappa shape index (κ2) is 7.45. The van der Waals surface area contributed by atoms with E-state index in [-0.39, 0.29) is 12.2 Å². The van der Waals surface area contributed by atoms with Crippen LogP contribution in [0.25, 0.3) is 10.8 Å². The first-order chi connectivity index (χ1) is 12.9. The summed E-state index contributed by atoms with van der Waals surface area (Å²) in [5.74, 6) is -1.21. The molecule has 0 spiro atoms. The minimum Gasteiger partial charge on any atom is -0.487 e. The summed E-state index contributed by atoms with van der Waals surface area (Å²) >= 11 is 0. The molecule has 1 heterocycles. The first-order valence-electron chi connectivity index (χ1n) is 8.48. The number of carbonyl (C=O) groups excluding carboxylic acids is 1. The van der Waals surface area contributed by atoms with Crippen LogP contribution in [0.5, 0.6) is 5.75 Å². The third kappa shape index (κ3) is 4.06. The molecule has 0 saturated carbocycles. The van der Waals surface area contributed by atoms with Crippen molar-refractivity contribution in [2.24, 2.45) is 0 Å². The molecule has 0 unspecified atom stereocenters. The predicted octanol–water partition coefficient (Wildman–Crippen LogP) is 3.41. The van der Waals surface area contributed by atoms with Crippen molar-refractivity contribution in [2.45, 2.75) is 26.0 Å². The third-order valence-corrected chi connectivity index (χ3v) is 4.19. The van der Waals surface area contributed by atoms with Crippen LogP contribution in [0.1, 0.15) is 29.8 Å². The van der Waals surface area contributed by atoms with Crippen LogP contribution in [-0.4, -0.2) is 27.5 Å². The zero-order valence-electron chi connectivity index (χ0n) is 15.1. The molecule has 0 aliphatic rings. The summed E-state index contributed by atoms with van der Waals surface area (Å²) in [5.41, 5.74) is -0.252. The number of nitrogens with zero attached hydrogens (tertiary/aromatic N) is 1. The van der Waals surface area contributed by atoms with Crippen molar-refractivity contribution >= 4 is 22.6 Å². The number of fused-ring (bicyclic) bond motifs is 1. The second-order valence-corrected chi connectivity index (χ2v) is 6.70. The number of rotatable bonds is 6. The van der Waals surface area contributed by atoms with E-state index in [4.69, 9.17) is 4.74 Å². The number of hydrogen-bond donors (Lipinski definition) is 2.